The van der Waals surface area contributed by atoms with Crippen LogP contribution in [-0.2, 0) is 0 Å². The lowest BCUT2D eigenvalue weighted by molar-refractivity contribution is 1.67. The van der Waals surface area contributed by atoms with Gasteiger partial charge in [0.05, 0.1) is 0 Å². The molecular formula is C11H8Cl. The van der Waals surface area contributed by atoms with Crippen LogP contribution in [0.25, 0.3) is 10.8 Å². The lowest BCUT2D eigenvalue weighted by atomic mass is 10.1. The third-order valence-electron chi connectivity index (χ3n) is 1.98. The van der Waals surface area contributed by atoms with Gasteiger partial charge in [0.15, 0.2) is 0 Å². The molecule has 1 radical (unpaired) electrons. The van der Waals surface area contributed by atoms with E-state index in [2.05, 4.69) is 13.0 Å². The van der Waals surface area contributed by atoms with Crippen molar-refractivity contribution in [3.8, 4) is 0 Å². The summed E-state index contributed by atoms with van der Waals surface area (Å²) in [4.78, 5) is 0. The summed E-state index contributed by atoms with van der Waals surface area (Å²) in [7, 11) is 0. The van der Waals surface area contributed by atoms with E-state index in [0.717, 1.165) is 16.0 Å². The Morgan fingerprint density at radius 1 is 1.00 bits per heavy atom. The molecule has 0 bridgehead atoms. The number of hydrogen-bond acceptors (Lipinski definition) is 0. The maximum absolute atomic E-state index is 5.93. The Kier molecular flexibility index (Phi) is 1.78. The van der Waals surface area contributed by atoms with Crippen LogP contribution in [-0.4, -0.2) is 0 Å². The lowest BCUT2D eigenvalue weighted by Crippen LogP contribution is -1.78. The molecule has 0 aliphatic carbocycles. The van der Waals surface area contributed by atoms with Gasteiger partial charge in [-0.15, -0.1) is 0 Å². The number of halogens is 1. The second-order valence-electron chi connectivity index (χ2n) is 2.75. The van der Waals surface area contributed by atoms with E-state index in [0.29, 0.717) is 0 Å². The van der Waals surface area contributed by atoms with Crippen LogP contribution in [0.1, 0.15) is 5.56 Å². The fourth-order valence-corrected chi connectivity index (χ4v) is 1.47. The average Bonchev–Trinajstić information content (AvgIpc) is 2.12. The Morgan fingerprint density at radius 3 is 2.58 bits per heavy atom. The minimum Gasteiger partial charge on any atom is -0.0840 e. The highest BCUT2D eigenvalue weighted by Gasteiger charge is 1.99. The van der Waals surface area contributed by atoms with Crippen LogP contribution in [0, 0.1) is 6.92 Å². The fraction of sp³-hybridized carbons (Fsp3) is 0. The molecule has 2 aromatic rings. The molecular weight excluding hydrogens is 168 g/mol. The zero-order chi connectivity index (χ0) is 8.55. The number of hydrogen-bond donors (Lipinski definition) is 0. The molecule has 0 N–H and O–H groups in total. The highest BCUT2D eigenvalue weighted by atomic mass is 35.5. The molecule has 0 nitrogen and oxygen atoms in total. The Hall–Kier alpha value is -1.01. The number of benzene rings is 2. The maximum Gasteiger partial charge on any atom is 0.0444 e. The van der Waals surface area contributed by atoms with Gasteiger partial charge in [0.25, 0.3) is 0 Å². The van der Waals surface area contributed by atoms with Gasteiger partial charge in [-0.3, -0.25) is 0 Å². The molecule has 0 saturated carbocycles. The van der Waals surface area contributed by atoms with Crippen molar-refractivity contribution in [2.24, 2.45) is 0 Å². The van der Waals surface area contributed by atoms with Gasteiger partial charge in [-0.2, -0.15) is 0 Å². The summed E-state index contributed by atoms with van der Waals surface area (Å²) in [6.07, 6.45) is 0. The Labute approximate surface area is 76.8 Å². The number of rotatable bonds is 0. The van der Waals surface area contributed by atoms with Crippen molar-refractivity contribution in [1.29, 1.82) is 0 Å². The zero-order valence-electron chi connectivity index (χ0n) is 6.55. The van der Waals surface area contributed by atoms with Crippen LogP contribution in [0.15, 0.2) is 36.4 Å². The molecule has 0 heterocycles. The van der Waals surface area contributed by atoms with Crippen LogP contribution in [0.4, 0.5) is 0 Å². The van der Waals surface area contributed by atoms with E-state index in [9.17, 15) is 0 Å². The van der Waals surface area contributed by atoms with E-state index in [-0.39, 0.29) is 0 Å². The lowest BCUT2D eigenvalue weighted by Gasteiger charge is -2.02. The standard InChI is InChI=1S/C11H8Cl/c1-8-10-5-3-2-4-9(10)6-7-11(8)12/h2-7H,1H2. The average molecular weight is 176 g/mol. The van der Waals surface area contributed by atoms with Crippen LogP contribution in [0.5, 0.6) is 0 Å². The third-order valence-corrected chi connectivity index (χ3v) is 2.34. The van der Waals surface area contributed by atoms with Crippen LogP contribution < -0.4 is 0 Å². The summed E-state index contributed by atoms with van der Waals surface area (Å²) >= 11 is 5.93. The first-order valence-electron chi connectivity index (χ1n) is 3.78. The van der Waals surface area contributed by atoms with Crippen molar-refractivity contribution in [2.75, 3.05) is 0 Å². The van der Waals surface area contributed by atoms with Crippen molar-refractivity contribution in [2.45, 2.75) is 0 Å². The van der Waals surface area contributed by atoms with Crippen LogP contribution >= 0.6 is 11.6 Å². The topological polar surface area (TPSA) is 0 Å². The van der Waals surface area contributed by atoms with E-state index in [1.165, 1.54) is 5.39 Å². The molecule has 0 saturated heterocycles. The smallest absolute Gasteiger partial charge is 0.0444 e. The SMILES string of the molecule is [CH2]c1c(Cl)ccc2ccccc12. The number of fused-ring (bicyclic) bond motifs is 1. The highest BCUT2D eigenvalue weighted by Crippen LogP contribution is 2.24. The second-order valence-corrected chi connectivity index (χ2v) is 3.15. The molecule has 0 aliphatic heterocycles. The van der Waals surface area contributed by atoms with Crippen molar-refractivity contribution < 1.29 is 0 Å². The molecule has 0 spiro atoms. The van der Waals surface area contributed by atoms with E-state index in [4.69, 9.17) is 11.6 Å². The Balaban J connectivity index is 2.91. The summed E-state index contributed by atoms with van der Waals surface area (Å²) in [5, 5.41) is 3.05. The van der Waals surface area contributed by atoms with Crippen LogP contribution in [0.3, 0.4) is 0 Å². The van der Waals surface area contributed by atoms with Gasteiger partial charge in [0, 0.05) is 5.02 Å². The second kappa shape index (κ2) is 2.80. The summed E-state index contributed by atoms with van der Waals surface area (Å²) in [5.74, 6) is 0. The van der Waals surface area contributed by atoms with E-state index in [1.807, 2.05) is 30.3 Å². The molecule has 1 heteroatoms. The molecule has 59 valence electrons. The molecule has 0 unspecified atom stereocenters. The van der Waals surface area contributed by atoms with Gasteiger partial charge >= 0.3 is 0 Å². The van der Waals surface area contributed by atoms with Gasteiger partial charge in [0.1, 0.15) is 0 Å². The summed E-state index contributed by atoms with van der Waals surface area (Å²) in [6, 6.07) is 12.0. The van der Waals surface area contributed by atoms with E-state index in [1.54, 1.807) is 0 Å². The Bertz CT molecular complexity index is 418. The van der Waals surface area contributed by atoms with E-state index >= 15 is 0 Å². The molecule has 0 amide bonds. The molecule has 2 rings (SSSR count). The zero-order valence-corrected chi connectivity index (χ0v) is 7.31. The van der Waals surface area contributed by atoms with Crippen molar-refractivity contribution in [1.82, 2.24) is 0 Å². The molecule has 2 aromatic carbocycles. The summed E-state index contributed by atoms with van der Waals surface area (Å²) in [6.45, 7) is 3.92. The van der Waals surface area contributed by atoms with Crippen molar-refractivity contribution in [3.63, 3.8) is 0 Å². The third kappa shape index (κ3) is 1.09. The molecule has 12 heavy (non-hydrogen) atoms. The summed E-state index contributed by atoms with van der Waals surface area (Å²) in [5.41, 5.74) is 0.912. The monoisotopic (exact) mass is 175 g/mol. The summed E-state index contributed by atoms with van der Waals surface area (Å²) < 4.78 is 0. The van der Waals surface area contributed by atoms with Gasteiger partial charge in [-0.1, -0.05) is 41.9 Å². The Morgan fingerprint density at radius 2 is 1.75 bits per heavy atom. The molecule has 0 aliphatic rings. The molecule has 0 fully saturated rings. The highest BCUT2D eigenvalue weighted by molar-refractivity contribution is 6.32. The minimum absolute atomic E-state index is 0.730. The molecule has 0 atom stereocenters. The quantitative estimate of drug-likeness (QED) is 0.573. The van der Waals surface area contributed by atoms with Gasteiger partial charge < -0.3 is 0 Å². The first kappa shape index (κ1) is 7.63. The first-order valence-corrected chi connectivity index (χ1v) is 4.16. The van der Waals surface area contributed by atoms with Crippen molar-refractivity contribution in [3.05, 3.63) is 53.9 Å². The predicted molar refractivity (Wildman–Crippen MR) is 53.4 cm³/mol. The maximum atomic E-state index is 5.93. The first-order chi connectivity index (χ1) is 5.79. The van der Waals surface area contributed by atoms with Gasteiger partial charge in [0.2, 0.25) is 0 Å². The van der Waals surface area contributed by atoms with Gasteiger partial charge in [-0.25, -0.2) is 0 Å². The molecule has 0 aromatic heterocycles. The van der Waals surface area contributed by atoms with Crippen LogP contribution in [0.2, 0.25) is 5.02 Å². The van der Waals surface area contributed by atoms with E-state index < -0.39 is 0 Å². The minimum atomic E-state index is 0.730. The van der Waals surface area contributed by atoms with Gasteiger partial charge in [-0.05, 0) is 29.3 Å². The predicted octanol–water partition coefficient (Wildman–Crippen LogP) is 3.68. The fourth-order valence-electron chi connectivity index (χ4n) is 1.31. The largest absolute Gasteiger partial charge is 0.0840 e. The van der Waals surface area contributed by atoms with Crippen molar-refractivity contribution >= 4 is 22.4 Å². The normalized spacial score (nSPS) is 10.5.